The number of rotatable bonds is 5. The van der Waals surface area contributed by atoms with Crippen molar-refractivity contribution in [3.8, 4) is 0 Å². The van der Waals surface area contributed by atoms with E-state index < -0.39 is 17.4 Å². The Morgan fingerprint density at radius 1 is 1.40 bits per heavy atom. The van der Waals surface area contributed by atoms with Crippen molar-refractivity contribution in [2.45, 2.75) is 18.1 Å². The van der Waals surface area contributed by atoms with Crippen molar-refractivity contribution in [3.05, 3.63) is 59.8 Å². The summed E-state index contributed by atoms with van der Waals surface area (Å²) >= 11 is 1.36. The smallest absolute Gasteiger partial charge is 0.233 e. The van der Waals surface area contributed by atoms with Gasteiger partial charge in [0.1, 0.15) is 5.60 Å². The van der Waals surface area contributed by atoms with Gasteiger partial charge in [-0.15, -0.1) is 11.3 Å². The third-order valence-corrected chi connectivity index (χ3v) is 7.16. The van der Waals surface area contributed by atoms with Crippen LogP contribution in [0.15, 0.2) is 54.2 Å². The van der Waals surface area contributed by atoms with Crippen LogP contribution in [0.5, 0.6) is 0 Å². The summed E-state index contributed by atoms with van der Waals surface area (Å²) < 4.78 is 6.19. The molecule has 3 aliphatic rings. The predicted molar refractivity (Wildman–Crippen MR) is 113 cm³/mol. The molecule has 152 valence electrons. The Labute approximate surface area is 176 Å². The number of anilines is 1. The number of fused-ring (bicyclic) bond motifs is 2. The maximum atomic E-state index is 13.3. The quantitative estimate of drug-likeness (QED) is 0.621. The first-order valence-corrected chi connectivity index (χ1v) is 10.9. The zero-order valence-corrected chi connectivity index (χ0v) is 16.9. The van der Waals surface area contributed by atoms with Crippen molar-refractivity contribution in [2.75, 3.05) is 18.4 Å². The molecule has 2 N–H and O–H groups in total. The summed E-state index contributed by atoms with van der Waals surface area (Å²) in [5, 5.41) is 6.38. The third-order valence-electron chi connectivity index (χ3n) is 6.47. The van der Waals surface area contributed by atoms with Crippen LogP contribution in [-0.2, 0) is 20.7 Å². The number of para-hydroxylation sites is 1. The molecular formula is C22H20N4O3S. The fourth-order valence-electron chi connectivity index (χ4n) is 5.13. The fraction of sp³-hybridized carbons (Fsp3) is 0.318. The lowest BCUT2D eigenvalue weighted by Crippen LogP contribution is -2.41. The summed E-state index contributed by atoms with van der Waals surface area (Å²) in [5.41, 5.74) is 1.60. The highest BCUT2D eigenvalue weighted by Gasteiger charge is 2.66. The number of aromatic amines is 1. The van der Waals surface area contributed by atoms with Gasteiger partial charge in [-0.1, -0.05) is 30.4 Å². The van der Waals surface area contributed by atoms with Gasteiger partial charge in [-0.2, -0.15) is 0 Å². The van der Waals surface area contributed by atoms with Crippen molar-refractivity contribution in [2.24, 2.45) is 11.8 Å². The Bertz CT molecular complexity index is 1170. The molecule has 2 bridgehead atoms. The van der Waals surface area contributed by atoms with Gasteiger partial charge < -0.3 is 19.9 Å². The minimum absolute atomic E-state index is 0.000907. The van der Waals surface area contributed by atoms with Crippen LogP contribution in [0.2, 0.25) is 0 Å². The number of hydrogen-bond donors (Lipinski definition) is 2. The number of nitrogens with zero attached hydrogens (tertiary/aromatic N) is 2. The summed E-state index contributed by atoms with van der Waals surface area (Å²) in [6.07, 6.45) is 7.97. The molecule has 0 radical (unpaired) electrons. The van der Waals surface area contributed by atoms with Gasteiger partial charge in [-0.3, -0.25) is 9.59 Å². The number of aromatic nitrogens is 2. The highest BCUT2D eigenvalue weighted by Crippen LogP contribution is 2.52. The van der Waals surface area contributed by atoms with Gasteiger partial charge in [0.2, 0.25) is 11.8 Å². The summed E-state index contributed by atoms with van der Waals surface area (Å²) in [6.45, 7) is 1.09. The summed E-state index contributed by atoms with van der Waals surface area (Å²) in [6, 6.07) is 8.16. The Balaban J connectivity index is 1.21. The summed E-state index contributed by atoms with van der Waals surface area (Å²) in [5.74, 6) is -1.20. The molecule has 5 heterocycles. The molecule has 7 nitrogen and oxygen atoms in total. The Morgan fingerprint density at radius 3 is 3.17 bits per heavy atom. The monoisotopic (exact) mass is 420 g/mol. The Hall–Kier alpha value is -2.97. The van der Waals surface area contributed by atoms with E-state index in [-0.39, 0.29) is 17.9 Å². The van der Waals surface area contributed by atoms with Gasteiger partial charge in [0, 0.05) is 35.2 Å². The van der Waals surface area contributed by atoms with E-state index in [9.17, 15) is 9.59 Å². The highest BCUT2D eigenvalue weighted by molar-refractivity contribution is 7.13. The average Bonchev–Trinajstić information content (AvgIpc) is 3.55. The first-order valence-electron chi connectivity index (χ1n) is 10.1. The molecule has 0 unspecified atom stereocenters. The van der Waals surface area contributed by atoms with Crippen LogP contribution in [0.25, 0.3) is 10.9 Å². The normalized spacial score (nSPS) is 29.1. The standard InChI is InChI=1S/C22H20N4O3S/c27-19(25-21-23-8-10-30-21)17-16-5-7-22(29-16)12-26(20(28)18(17)22)9-6-13-11-24-15-4-2-1-3-14(13)15/h1-5,7-8,10-11,16-18,24H,6,9,12H2,(H,23,25,27)/t16-,17-,18-,22+/m1/s1. The molecule has 3 aliphatic heterocycles. The van der Waals surface area contributed by atoms with Crippen molar-refractivity contribution >= 4 is 39.2 Å². The van der Waals surface area contributed by atoms with Gasteiger partial charge in [0.15, 0.2) is 5.13 Å². The second-order valence-electron chi connectivity index (χ2n) is 8.10. The lowest BCUT2D eigenvalue weighted by Gasteiger charge is -2.23. The van der Waals surface area contributed by atoms with E-state index in [1.165, 1.54) is 22.3 Å². The van der Waals surface area contributed by atoms with Crippen LogP contribution in [0.4, 0.5) is 5.13 Å². The number of H-pyrrole nitrogens is 1. The number of likely N-dealkylation sites (tertiary alicyclic amines) is 1. The third kappa shape index (κ3) is 2.57. The van der Waals surface area contributed by atoms with Gasteiger partial charge in [0.25, 0.3) is 0 Å². The minimum atomic E-state index is -0.688. The predicted octanol–water partition coefficient (Wildman–Crippen LogP) is 2.59. The second-order valence-corrected chi connectivity index (χ2v) is 8.99. The Kier molecular flexibility index (Phi) is 3.88. The largest absolute Gasteiger partial charge is 0.361 e. The van der Waals surface area contributed by atoms with Crippen LogP contribution >= 0.6 is 11.3 Å². The topological polar surface area (TPSA) is 87.3 Å². The van der Waals surface area contributed by atoms with Crippen molar-refractivity contribution in [3.63, 3.8) is 0 Å². The molecule has 2 fully saturated rings. The van der Waals surface area contributed by atoms with Gasteiger partial charge in [-0.25, -0.2) is 4.98 Å². The zero-order chi connectivity index (χ0) is 20.3. The van der Waals surface area contributed by atoms with E-state index in [4.69, 9.17) is 4.74 Å². The van der Waals surface area contributed by atoms with Crippen molar-refractivity contribution < 1.29 is 14.3 Å². The SMILES string of the molecule is O=C(Nc1nccs1)[C@@H]1[C@H]2C=C[C@@]3(CN(CCc4c[nH]c5ccccc45)C(=O)[C@@H]13)O2. The maximum Gasteiger partial charge on any atom is 0.233 e. The number of carbonyl (C=O) groups is 2. The number of amides is 2. The number of carbonyl (C=O) groups excluding carboxylic acids is 2. The lowest BCUT2D eigenvalue weighted by molar-refractivity contribution is -0.135. The van der Waals surface area contributed by atoms with E-state index in [1.807, 2.05) is 46.8 Å². The highest BCUT2D eigenvalue weighted by atomic mass is 32.1. The number of thiazole rings is 1. The second kappa shape index (κ2) is 6.52. The number of hydrogen-bond acceptors (Lipinski definition) is 5. The summed E-state index contributed by atoms with van der Waals surface area (Å²) in [4.78, 5) is 35.5. The zero-order valence-electron chi connectivity index (χ0n) is 16.1. The van der Waals surface area contributed by atoms with Crippen LogP contribution in [0.1, 0.15) is 5.56 Å². The molecule has 0 saturated carbocycles. The van der Waals surface area contributed by atoms with E-state index in [0.29, 0.717) is 18.2 Å². The van der Waals surface area contributed by atoms with Crippen LogP contribution in [0.3, 0.4) is 0 Å². The Morgan fingerprint density at radius 2 is 2.30 bits per heavy atom. The average molecular weight is 420 g/mol. The molecule has 3 aromatic rings. The van der Waals surface area contributed by atoms with Crippen LogP contribution in [-0.4, -0.2) is 51.5 Å². The molecule has 2 aromatic heterocycles. The van der Waals surface area contributed by atoms with Gasteiger partial charge in [-0.05, 0) is 18.1 Å². The molecule has 8 heteroatoms. The molecule has 2 amide bonds. The molecule has 2 saturated heterocycles. The molecule has 30 heavy (non-hydrogen) atoms. The molecule has 4 atom stereocenters. The molecule has 1 aromatic carbocycles. The van der Waals surface area contributed by atoms with Crippen molar-refractivity contribution in [1.82, 2.24) is 14.9 Å². The van der Waals surface area contributed by atoms with E-state index in [1.54, 1.807) is 6.20 Å². The van der Waals surface area contributed by atoms with E-state index in [0.717, 1.165) is 11.9 Å². The van der Waals surface area contributed by atoms with Crippen LogP contribution in [0, 0.1) is 11.8 Å². The number of ether oxygens (including phenoxy) is 1. The fourth-order valence-corrected chi connectivity index (χ4v) is 5.67. The number of benzene rings is 1. The number of nitrogens with one attached hydrogen (secondary N) is 2. The molecule has 6 rings (SSSR count). The first kappa shape index (κ1) is 17.9. The van der Waals surface area contributed by atoms with Gasteiger partial charge >= 0.3 is 0 Å². The molecular weight excluding hydrogens is 400 g/mol. The van der Waals surface area contributed by atoms with Gasteiger partial charge in [0.05, 0.1) is 24.5 Å². The first-order chi connectivity index (χ1) is 14.6. The molecule has 1 spiro atoms. The van der Waals surface area contributed by atoms with E-state index >= 15 is 0 Å². The summed E-state index contributed by atoms with van der Waals surface area (Å²) in [7, 11) is 0. The maximum absolute atomic E-state index is 13.3. The lowest BCUT2D eigenvalue weighted by atomic mass is 9.77. The molecule has 0 aliphatic carbocycles. The minimum Gasteiger partial charge on any atom is -0.361 e. The van der Waals surface area contributed by atoms with E-state index in [2.05, 4.69) is 21.4 Å². The van der Waals surface area contributed by atoms with Crippen molar-refractivity contribution in [1.29, 1.82) is 0 Å². The van der Waals surface area contributed by atoms with Crippen LogP contribution < -0.4 is 5.32 Å².